The largest absolute Gasteiger partial charge is 0.465 e. The van der Waals surface area contributed by atoms with Crippen molar-refractivity contribution in [3.8, 4) is 0 Å². The predicted octanol–water partition coefficient (Wildman–Crippen LogP) is 1.26. The van der Waals surface area contributed by atoms with Crippen LogP contribution < -0.4 is 5.32 Å². The normalized spacial score (nSPS) is 21.9. The van der Waals surface area contributed by atoms with E-state index >= 15 is 0 Å². The maximum atomic E-state index is 5.73. The van der Waals surface area contributed by atoms with Crippen LogP contribution in [0.2, 0.25) is 0 Å². The molecule has 1 saturated heterocycles. The first kappa shape index (κ1) is 12.6. The zero-order valence-corrected chi connectivity index (χ0v) is 10.7. The van der Waals surface area contributed by atoms with Gasteiger partial charge in [0, 0.05) is 26.1 Å². The van der Waals surface area contributed by atoms with Crippen LogP contribution in [-0.4, -0.2) is 44.3 Å². The highest BCUT2D eigenvalue weighted by Gasteiger charge is 2.20. The number of nitrogens with one attached hydrogen (secondary N) is 1. The molecule has 1 aliphatic heterocycles. The summed E-state index contributed by atoms with van der Waals surface area (Å²) in [6.45, 7) is 6.69. The van der Waals surface area contributed by atoms with Crippen molar-refractivity contribution in [1.29, 1.82) is 0 Å². The van der Waals surface area contributed by atoms with Crippen molar-refractivity contribution in [2.75, 3.05) is 33.3 Å². The third-order valence-corrected chi connectivity index (χ3v) is 3.10. The molecule has 17 heavy (non-hydrogen) atoms. The minimum absolute atomic E-state index is 0.300. The van der Waals surface area contributed by atoms with Gasteiger partial charge in [-0.1, -0.05) is 6.92 Å². The number of furan rings is 1. The van der Waals surface area contributed by atoms with Gasteiger partial charge in [0.2, 0.25) is 0 Å². The Hall–Kier alpha value is -0.840. The molecule has 2 heterocycles. The first-order valence-electron chi connectivity index (χ1n) is 6.38. The molecule has 4 heteroatoms. The van der Waals surface area contributed by atoms with Gasteiger partial charge in [0.15, 0.2) is 0 Å². The fourth-order valence-electron chi connectivity index (χ4n) is 2.19. The maximum Gasteiger partial charge on any atom is 0.118 e. The third kappa shape index (κ3) is 3.56. The Morgan fingerprint density at radius 2 is 2.24 bits per heavy atom. The van der Waals surface area contributed by atoms with E-state index < -0.39 is 0 Å². The van der Waals surface area contributed by atoms with Crippen molar-refractivity contribution in [1.82, 2.24) is 10.2 Å². The van der Waals surface area contributed by atoms with Gasteiger partial charge < -0.3 is 14.5 Å². The van der Waals surface area contributed by atoms with Crippen LogP contribution in [0.1, 0.15) is 18.4 Å². The molecule has 2 rings (SSSR count). The minimum Gasteiger partial charge on any atom is -0.465 e. The number of hydrogen-bond acceptors (Lipinski definition) is 4. The van der Waals surface area contributed by atoms with E-state index in [4.69, 9.17) is 9.15 Å². The molecule has 1 atom stereocenters. The molecule has 0 spiro atoms. The van der Waals surface area contributed by atoms with E-state index in [-0.39, 0.29) is 0 Å². The molecule has 0 radical (unpaired) electrons. The van der Waals surface area contributed by atoms with Crippen LogP contribution >= 0.6 is 0 Å². The number of morpholine rings is 1. The number of nitrogens with zero attached hydrogens (tertiary/aromatic N) is 1. The van der Waals surface area contributed by atoms with E-state index in [1.807, 2.05) is 7.05 Å². The van der Waals surface area contributed by atoms with Gasteiger partial charge in [-0.25, -0.2) is 0 Å². The Morgan fingerprint density at radius 3 is 2.94 bits per heavy atom. The zero-order valence-electron chi connectivity index (χ0n) is 10.7. The zero-order chi connectivity index (χ0) is 12.1. The number of aryl methyl sites for hydroxylation is 1. The lowest BCUT2D eigenvalue weighted by Crippen LogP contribution is -2.45. The highest BCUT2D eigenvalue weighted by atomic mass is 16.5. The van der Waals surface area contributed by atoms with Crippen LogP contribution in [0.5, 0.6) is 0 Å². The molecule has 0 aliphatic carbocycles. The van der Waals surface area contributed by atoms with Crippen molar-refractivity contribution >= 4 is 0 Å². The molecule has 1 aliphatic rings. The molecule has 1 aromatic heterocycles. The van der Waals surface area contributed by atoms with Gasteiger partial charge in [0.25, 0.3) is 0 Å². The van der Waals surface area contributed by atoms with Gasteiger partial charge in [-0.15, -0.1) is 0 Å². The summed E-state index contributed by atoms with van der Waals surface area (Å²) in [5, 5.41) is 3.16. The summed E-state index contributed by atoms with van der Waals surface area (Å²) < 4.78 is 11.4. The highest BCUT2D eigenvalue weighted by molar-refractivity contribution is 5.07. The standard InChI is InChI=1S/C13H22N2O2/c1-3-11-4-5-12(17-11)9-15-6-7-16-13(10-15)8-14-2/h4-5,13-14H,3,6-10H2,1-2H3. The highest BCUT2D eigenvalue weighted by Crippen LogP contribution is 2.13. The summed E-state index contributed by atoms with van der Waals surface area (Å²) in [7, 11) is 1.96. The van der Waals surface area contributed by atoms with Crippen molar-refractivity contribution in [2.24, 2.45) is 0 Å². The van der Waals surface area contributed by atoms with Crippen LogP contribution in [0.3, 0.4) is 0 Å². The van der Waals surface area contributed by atoms with Crippen LogP contribution in [0.15, 0.2) is 16.5 Å². The van der Waals surface area contributed by atoms with Gasteiger partial charge in [0.05, 0.1) is 19.3 Å². The van der Waals surface area contributed by atoms with Crippen molar-refractivity contribution in [3.63, 3.8) is 0 Å². The SMILES string of the molecule is CCc1ccc(CN2CCOC(CNC)C2)o1. The first-order valence-corrected chi connectivity index (χ1v) is 6.38. The van der Waals surface area contributed by atoms with Crippen LogP contribution in [0.25, 0.3) is 0 Å². The number of ether oxygens (including phenoxy) is 1. The summed E-state index contributed by atoms with van der Waals surface area (Å²) >= 11 is 0. The molecule has 1 fully saturated rings. The quantitative estimate of drug-likeness (QED) is 0.838. The molecule has 0 saturated carbocycles. The molecule has 96 valence electrons. The summed E-state index contributed by atoms with van der Waals surface area (Å²) in [5.74, 6) is 2.13. The molecule has 0 bridgehead atoms. The molecule has 1 aromatic rings. The Morgan fingerprint density at radius 1 is 1.41 bits per heavy atom. The summed E-state index contributed by atoms with van der Waals surface area (Å²) in [4.78, 5) is 2.39. The Kier molecular flexibility index (Phi) is 4.59. The van der Waals surface area contributed by atoms with Crippen LogP contribution in [0, 0.1) is 0 Å². The second-order valence-corrected chi connectivity index (χ2v) is 4.51. The Balaban J connectivity index is 1.85. The van der Waals surface area contributed by atoms with E-state index in [0.717, 1.165) is 50.7 Å². The van der Waals surface area contributed by atoms with Gasteiger partial charge >= 0.3 is 0 Å². The fourth-order valence-corrected chi connectivity index (χ4v) is 2.19. The molecule has 1 N–H and O–H groups in total. The van der Waals surface area contributed by atoms with Crippen molar-refractivity contribution < 1.29 is 9.15 Å². The number of hydrogen-bond donors (Lipinski definition) is 1. The van der Waals surface area contributed by atoms with Gasteiger partial charge in [-0.05, 0) is 19.2 Å². The molecule has 0 amide bonds. The number of rotatable bonds is 5. The lowest BCUT2D eigenvalue weighted by atomic mass is 10.2. The summed E-state index contributed by atoms with van der Waals surface area (Å²) in [5.41, 5.74) is 0. The second-order valence-electron chi connectivity index (χ2n) is 4.51. The summed E-state index contributed by atoms with van der Waals surface area (Å²) in [6, 6.07) is 4.15. The number of likely N-dealkylation sites (N-methyl/N-ethyl adjacent to an activating group) is 1. The maximum absolute atomic E-state index is 5.73. The predicted molar refractivity (Wildman–Crippen MR) is 67.0 cm³/mol. The van der Waals surface area contributed by atoms with E-state index in [1.165, 1.54) is 0 Å². The molecular weight excluding hydrogens is 216 g/mol. The lowest BCUT2D eigenvalue weighted by molar-refractivity contribution is -0.0309. The molecule has 4 nitrogen and oxygen atoms in total. The topological polar surface area (TPSA) is 37.6 Å². The fraction of sp³-hybridized carbons (Fsp3) is 0.692. The van der Waals surface area contributed by atoms with E-state index in [9.17, 15) is 0 Å². The average molecular weight is 238 g/mol. The van der Waals surface area contributed by atoms with Gasteiger partial charge in [-0.3, -0.25) is 4.90 Å². The van der Waals surface area contributed by atoms with Crippen LogP contribution in [-0.2, 0) is 17.7 Å². The van der Waals surface area contributed by atoms with E-state index in [1.54, 1.807) is 0 Å². The monoisotopic (exact) mass is 238 g/mol. The van der Waals surface area contributed by atoms with Gasteiger partial charge in [0.1, 0.15) is 11.5 Å². The second kappa shape index (κ2) is 6.19. The van der Waals surface area contributed by atoms with E-state index in [2.05, 4.69) is 29.3 Å². The van der Waals surface area contributed by atoms with E-state index in [0.29, 0.717) is 6.10 Å². The summed E-state index contributed by atoms with van der Waals surface area (Å²) in [6.07, 6.45) is 1.26. The van der Waals surface area contributed by atoms with Crippen molar-refractivity contribution in [3.05, 3.63) is 23.7 Å². The minimum atomic E-state index is 0.300. The third-order valence-electron chi connectivity index (χ3n) is 3.10. The smallest absolute Gasteiger partial charge is 0.118 e. The molecule has 1 unspecified atom stereocenters. The van der Waals surface area contributed by atoms with Crippen molar-refractivity contribution in [2.45, 2.75) is 26.0 Å². The first-order chi connectivity index (χ1) is 8.31. The molecular formula is C13H22N2O2. The molecule has 0 aromatic carbocycles. The van der Waals surface area contributed by atoms with Gasteiger partial charge in [-0.2, -0.15) is 0 Å². The average Bonchev–Trinajstić information content (AvgIpc) is 2.78. The lowest BCUT2D eigenvalue weighted by Gasteiger charge is -2.32. The Labute approximate surface area is 103 Å². The Bertz CT molecular complexity index is 336. The van der Waals surface area contributed by atoms with Crippen LogP contribution in [0.4, 0.5) is 0 Å².